The molecule has 0 aliphatic carbocycles. The van der Waals surface area contributed by atoms with Gasteiger partial charge in [0.15, 0.2) is 0 Å². The topological polar surface area (TPSA) is 29.3 Å². The zero-order valence-corrected chi connectivity index (χ0v) is 10.2. The van der Waals surface area contributed by atoms with Gasteiger partial charge in [0, 0.05) is 12.6 Å². The van der Waals surface area contributed by atoms with E-state index in [9.17, 15) is 0 Å². The van der Waals surface area contributed by atoms with Crippen molar-refractivity contribution in [3.8, 4) is 0 Å². The van der Waals surface area contributed by atoms with Crippen LogP contribution in [0.3, 0.4) is 0 Å². The summed E-state index contributed by atoms with van der Waals surface area (Å²) in [4.78, 5) is 2.58. The predicted octanol–water partition coefficient (Wildman–Crippen LogP) is 2.34. The summed E-state index contributed by atoms with van der Waals surface area (Å²) in [6.07, 6.45) is 3.51. The number of fused-ring (bicyclic) bond motifs is 1. The van der Waals surface area contributed by atoms with Crippen LogP contribution >= 0.6 is 0 Å². The normalized spacial score (nSPS) is 20.8. The second kappa shape index (κ2) is 5.46. The Morgan fingerprint density at radius 1 is 1.38 bits per heavy atom. The van der Waals surface area contributed by atoms with Crippen molar-refractivity contribution in [2.45, 2.75) is 32.2 Å². The van der Waals surface area contributed by atoms with Crippen molar-refractivity contribution < 1.29 is 0 Å². The zero-order chi connectivity index (χ0) is 11.4. The molecule has 0 bridgehead atoms. The van der Waals surface area contributed by atoms with Gasteiger partial charge in [-0.25, -0.2) is 0 Å². The first-order chi connectivity index (χ1) is 7.86. The molecule has 1 unspecified atom stereocenters. The molecule has 0 saturated carbocycles. The van der Waals surface area contributed by atoms with Crippen LogP contribution in [0.2, 0.25) is 0 Å². The predicted molar refractivity (Wildman–Crippen MR) is 68.4 cm³/mol. The third kappa shape index (κ3) is 2.28. The Bertz CT molecular complexity index is 335. The summed E-state index contributed by atoms with van der Waals surface area (Å²) >= 11 is 0. The van der Waals surface area contributed by atoms with Crippen LogP contribution in [-0.2, 0) is 6.42 Å². The molecule has 0 radical (unpaired) electrons. The first kappa shape index (κ1) is 11.6. The van der Waals surface area contributed by atoms with E-state index in [1.54, 1.807) is 0 Å². The van der Waals surface area contributed by atoms with Crippen molar-refractivity contribution in [1.82, 2.24) is 4.90 Å². The third-order valence-corrected chi connectivity index (χ3v) is 3.61. The Labute approximate surface area is 98.4 Å². The fourth-order valence-corrected chi connectivity index (χ4v) is 2.73. The van der Waals surface area contributed by atoms with E-state index < -0.39 is 0 Å². The maximum Gasteiger partial charge on any atom is 0.0351 e. The lowest BCUT2D eigenvalue weighted by molar-refractivity contribution is 0.183. The van der Waals surface area contributed by atoms with Crippen LogP contribution in [0.4, 0.5) is 0 Å². The molecule has 2 heteroatoms. The Morgan fingerprint density at radius 3 is 2.94 bits per heavy atom. The Morgan fingerprint density at radius 2 is 2.19 bits per heavy atom. The maximum absolute atomic E-state index is 5.63. The molecule has 1 aliphatic heterocycles. The molecule has 2 N–H and O–H groups in total. The van der Waals surface area contributed by atoms with E-state index in [-0.39, 0.29) is 0 Å². The minimum absolute atomic E-state index is 0.596. The lowest BCUT2D eigenvalue weighted by Gasteiger charge is -2.36. The van der Waals surface area contributed by atoms with E-state index in [2.05, 4.69) is 36.1 Å². The van der Waals surface area contributed by atoms with E-state index in [1.807, 2.05) is 0 Å². The van der Waals surface area contributed by atoms with Crippen molar-refractivity contribution >= 4 is 0 Å². The SMILES string of the molecule is CCN1CCc2ccccc2C1CCCN. The van der Waals surface area contributed by atoms with Gasteiger partial charge in [0.05, 0.1) is 0 Å². The molecule has 0 spiro atoms. The van der Waals surface area contributed by atoms with Crippen LogP contribution in [0.25, 0.3) is 0 Å². The van der Waals surface area contributed by atoms with E-state index in [0.717, 1.165) is 19.5 Å². The van der Waals surface area contributed by atoms with Crippen molar-refractivity contribution in [1.29, 1.82) is 0 Å². The van der Waals surface area contributed by atoms with Crippen molar-refractivity contribution in [3.63, 3.8) is 0 Å². The highest BCUT2D eigenvalue weighted by atomic mass is 15.2. The number of likely N-dealkylation sites (N-methyl/N-ethyl adjacent to an activating group) is 1. The Hall–Kier alpha value is -0.860. The number of nitrogens with two attached hydrogens (primary N) is 1. The van der Waals surface area contributed by atoms with Gasteiger partial charge < -0.3 is 5.73 Å². The van der Waals surface area contributed by atoms with Gasteiger partial charge >= 0.3 is 0 Å². The lowest BCUT2D eigenvalue weighted by atomic mass is 9.90. The quantitative estimate of drug-likeness (QED) is 0.840. The minimum atomic E-state index is 0.596. The highest BCUT2D eigenvalue weighted by molar-refractivity contribution is 5.32. The highest BCUT2D eigenvalue weighted by Crippen LogP contribution is 2.32. The molecule has 0 aromatic heterocycles. The van der Waals surface area contributed by atoms with Gasteiger partial charge in [-0.05, 0) is 43.5 Å². The number of hydrogen-bond acceptors (Lipinski definition) is 2. The van der Waals surface area contributed by atoms with E-state index in [0.29, 0.717) is 6.04 Å². The van der Waals surface area contributed by atoms with Crippen molar-refractivity contribution in [2.75, 3.05) is 19.6 Å². The molecule has 2 rings (SSSR count). The lowest BCUT2D eigenvalue weighted by Crippen LogP contribution is -2.35. The fraction of sp³-hybridized carbons (Fsp3) is 0.571. The van der Waals surface area contributed by atoms with E-state index in [4.69, 9.17) is 5.73 Å². The van der Waals surface area contributed by atoms with Gasteiger partial charge in [0.1, 0.15) is 0 Å². The summed E-state index contributed by atoms with van der Waals surface area (Å²) in [5.74, 6) is 0. The minimum Gasteiger partial charge on any atom is -0.330 e. The first-order valence-corrected chi connectivity index (χ1v) is 6.38. The summed E-state index contributed by atoms with van der Waals surface area (Å²) in [6, 6.07) is 9.47. The van der Waals surface area contributed by atoms with Crippen LogP contribution in [0.1, 0.15) is 36.9 Å². The van der Waals surface area contributed by atoms with Crippen LogP contribution in [0.15, 0.2) is 24.3 Å². The zero-order valence-electron chi connectivity index (χ0n) is 10.2. The van der Waals surface area contributed by atoms with Gasteiger partial charge in [-0.3, -0.25) is 4.90 Å². The maximum atomic E-state index is 5.63. The van der Waals surface area contributed by atoms with Gasteiger partial charge in [-0.2, -0.15) is 0 Å². The summed E-state index contributed by atoms with van der Waals surface area (Å²) in [5.41, 5.74) is 8.70. The second-order valence-electron chi connectivity index (χ2n) is 4.52. The third-order valence-electron chi connectivity index (χ3n) is 3.61. The summed E-state index contributed by atoms with van der Waals surface area (Å²) in [5, 5.41) is 0. The van der Waals surface area contributed by atoms with Crippen molar-refractivity contribution in [3.05, 3.63) is 35.4 Å². The van der Waals surface area contributed by atoms with Gasteiger partial charge in [-0.1, -0.05) is 31.2 Å². The second-order valence-corrected chi connectivity index (χ2v) is 4.52. The van der Waals surface area contributed by atoms with Crippen LogP contribution in [-0.4, -0.2) is 24.5 Å². The van der Waals surface area contributed by atoms with Crippen LogP contribution in [0, 0.1) is 0 Å². The molecular weight excluding hydrogens is 196 g/mol. The molecule has 0 amide bonds. The fourth-order valence-electron chi connectivity index (χ4n) is 2.73. The molecule has 2 nitrogen and oxygen atoms in total. The molecule has 0 saturated heterocycles. The molecule has 0 fully saturated rings. The van der Waals surface area contributed by atoms with Crippen LogP contribution < -0.4 is 5.73 Å². The molecule has 1 aromatic carbocycles. The molecule has 1 heterocycles. The molecule has 1 aliphatic rings. The largest absolute Gasteiger partial charge is 0.330 e. The summed E-state index contributed by atoms with van der Waals surface area (Å²) < 4.78 is 0. The standard InChI is InChI=1S/C14H22N2/c1-2-16-11-9-12-6-3-4-7-13(12)14(16)8-5-10-15/h3-4,6-7,14H,2,5,8-11,15H2,1H3. The number of rotatable bonds is 4. The highest BCUT2D eigenvalue weighted by Gasteiger charge is 2.24. The van der Waals surface area contributed by atoms with E-state index in [1.165, 1.54) is 30.5 Å². The molecule has 16 heavy (non-hydrogen) atoms. The summed E-state index contributed by atoms with van der Waals surface area (Å²) in [6.45, 7) is 5.39. The smallest absolute Gasteiger partial charge is 0.0351 e. The molecular formula is C14H22N2. The van der Waals surface area contributed by atoms with Crippen LogP contribution in [0.5, 0.6) is 0 Å². The van der Waals surface area contributed by atoms with Gasteiger partial charge in [-0.15, -0.1) is 0 Å². The molecule has 1 aromatic rings. The number of nitrogens with zero attached hydrogens (tertiary/aromatic N) is 1. The summed E-state index contributed by atoms with van der Waals surface area (Å²) in [7, 11) is 0. The van der Waals surface area contributed by atoms with Gasteiger partial charge in [0.25, 0.3) is 0 Å². The first-order valence-electron chi connectivity index (χ1n) is 6.38. The monoisotopic (exact) mass is 218 g/mol. The van der Waals surface area contributed by atoms with Gasteiger partial charge in [0.2, 0.25) is 0 Å². The Kier molecular flexibility index (Phi) is 3.97. The Balaban J connectivity index is 2.22. The van der Waals surface area contributed by atoms with Crippen molar-refractivity contribution in [2.24, 2.45) is 5.73 Å². The molecule has 88 valence electrons. The number of hydrogen-bond donors (Lipinski definition) is 1. The average Bonchev–Trinajstić information content (AvgIpc) is 2.35. The average molecular weight is 218 g/mol. The van der Waals surface area contributed by atoms with E-state index >= 15 is 0 Å². The number of benzene rings is 1. The molecule has 1 atom stereocenters.